The van der Waals surface area contributed by atoms with Gasteiger partial charge in [0.2, 0.25) is 5.91 Å². The maximum atomic E-state index is 13.7. The summed E-state index contributed by atoms with van der Waals surface area (Å²) >= 11 is 0. The van der Waals surface area contributed by atoms with Crippen molar-refractivity contribution in [3.8, 4) is 5.75 Å². The van der Waals surface area contributed by atoms with Gasteiger partial charge < -0.3 is 29.7 Å². The number of amides is 3. The second kappa shape index (κ2) is 16.6. The minimum absolute atomic E-state index is 0.0140. The summed E-state index contributed by atoms with van der Waals surface area (Å²) in [5, 5.41) is 9.52. The molecule has 13 nitrogen and oxygen atoms in total. The SMILES string of the molecule is CCOC(=O)C1(CCOC)CNC(=O)CCCN(C(=O)c2cc3nc(C)cc(C(F)(F)F)n3n2)CCCNC(=O)COc2ccc(cc2)C1. The monoisotopic (exact) mass is 690 g/mol. The molecule has 2 aliphatic heterocycles. The van der Waals surface area contributed by atoms with Crippen LogP contribution in [0.1, 0.15) is 60.0 Å². The van der Waals surface area contributed by atoms with Crippen LogP contribution in [0, 0.1) is 12.3 Å². The zero-order valence-electron chi connectivity index (χ0n) is 27.7. The number of aromatic nitrogens is 3. The van der Waals surface area contributed by atoms with Crippen LogP contribution in [0.15, 0.2) is 36.4 Å². The minimum atomic E-state index is -4.73. The molecule has 1 aromatic carbocycles. The summed E-state index contributed by atoms with van der Waals surface area (Å²) in [6.07, 6.45) is -3.76. The van der Waals surface area contributed by atoms with Gasteiger partial charge in [-0.3, -0.25) is 19.2 Å². The standard InChI is InChI=1S/C33H41F3N6O7/c1-4-48-31(46)32(12-16-47-3)19-23-8-10-24(11-9-23)49-20-29(44)37-13-6-15-41(14-5-7-28(43)38-21-32)30(45)25-18-27-39-22(2)17-26(33(34,35)36)42(27)40-25/h8-11,17-18H,4-7,12-16,19-21H2,1-3H3,(H,37,44)(H,38,43). The molecule has 2 bridgehead atoms. The van der Waals surface area contributed by atoms with Crippen LogP contribution in [-0.4, -0.2) is 96.3 Å². The van der Waals surface area contributed by atoms with Crippen LogP contribution in [0.25, 0.3) is 5.65 Å². The number of carbonyl (C=O) groups is 4. The third kappa shape index (κ3) is 9.90. The number of nitrogens with one attached hydrogen (secondary N) is 2. The zero-order chi connectivity index (χ0) is 35.6. The number of esters is 1. The number of alkyl halides is 3. The van der Waals surface area contributed by atoms with Gasteiger partial charge in [0.1, 0.15) is 11.4 Å². The van der Waals surface area contributed by atoms with Crippen molar-refractivity contribution in [2.45, 2.75) is 52.1 Å². The lowest BCUT2D eigenvalue weighted by Gasteiger charge is -2.32. The number of hydrogen-bond donors (Lipinski definition) is 2. The Morgan fingerprint density at radius 3 is 2.49 bits per heavy atom. The Bertz CT molecular complexity index is 1630. The molecule has 266 valence electrons. The van der Waals surface area contributed by atoms with E-state index in [4.69, 9.17) is 14.2 Å². The number of halogens is 3. The molecule has 49 heavy (non-hydrogen) atoms. The predicted octanol–water partition coefficient (Wildman–Crippen LogP) is 3.12. The van der Waals surface area contributed by atoms with E-state index in [-0.39, 0.29) is 94.6 Å². The molecule has 0 radical (unpaired) electrons. The highest BCUT2D eigenvalue weighted by molar-refractivity contribution is 5.93. The summed E-state index contributed by atoms with van der Waals surface area (Å²) in [7, 11) is 1.51. The molecule has 2 aliphatic rings. The fraction of sp³-hybridized carbons (Fsp3) is 0.515. The number of methoxy groups -OCH3 is 1. The fourth-order valence-electron chi connectivity index (χ4n) is 5.53. The van der Waals surface area contributed by atoms with E-state index < -0.39 is 35.1 Å². The summed E-state index contributed by atoms with van der Waals surface area (Å²) in [4.78, 5) is 58.0. The van der Waals surface area contributed by atoms with Crippen molar-refractivity contribution in [2.24, 2.45) is 5.41 Å². The molecule has 1 unspecified atom stereocenters. The van der Waals surface area contributed by atoms with Gasteiger partial charge in [-0.15, -0.1) is 0 Å². The number of nitrogens with zero attached hydrogens (tertiary/aromatic N) is 4. The van der Waals surface area contributed by atoms with Gasteiger partial charge in [-0.1, -0.05) is 12.1 Å². The van der Waals surface area contributed by atoms with Crippen LogP contribution in [-0.2, 0) is 36.5 Å². The molecule has 3 aromatic rings. The number of fused-ring (bicyclic) bond motifs is 18. The lowest BCUT2D eigenvalue weighted by atomic mass is 9.78. The lowest BCUT2D eigenvalue weighted by Crippen LogP contribution is -2.46. The average molecular weight is 691 g/mol. The van der Waals surface area contributed by atoms with Gasteiger partial charge >= 0.3 is 12.1 Å². The first-order valence-corrected chi connectivity index (χ1v) is 16.0. The summed E-state index contributed by atoms with van der Waals surface area (Å²) in [5.74, 6) is -1.48. The van der Waals surface area contributed by atoms with Crippen molar-refractivity contribution >= 4 is 29.3 Å². The molecule has 0 saturated heterocycles. The van der Waals surface area contributed by atoms with Crippen molar-refractivity contribution in [3.63, 3.8) is 0 Å². The van der Waals surface area contributed by atoms with Crippen LogP contribution in [0.5, 0.6) is 5.75 Å². The van der Waals surface area contributed by atoms with Crippen LogP contribution in [0.3, 0.4) is 0 Å². The first-order valence-electron chi connectivity index (χ1n) is 16.0. The Morgan fingerprint density at radius 1 is 1.06 bits per heavy atom. The number of benzene rings is 1. The van der Waals surface area contributed by atoms with E-state index in [1.165, 1.54) is 25.0 Å². The van der Waals surface area contributed by atoms with Crippen molar-refractivity contribution in [2.75, 3.05) is 53.1 Å². The maximum Gasteiger partial charge on any atom is 0.433 e. The van der Waals surface area contributed by atoms with Crippen LogP contribution in [0.2, 0.25) is 0 Å². The highest BCUT2D eigenvalue weighted by atomic mass is 19.4. The summed E-state index contributed by atoms with van der Waals surface area (Å²) in [6.45, 7) is 3.54. The van der Waals surface area contributed by atoms with Crippen LogP contribution >= 0.6 is 0 Å². The third-order valence-corrected chi connectivity index (χ3v) is 8.06. The third-order valence-electron chi connectivity index (χ3n) is 8.06. The van der Waals surface area contributed by atoms with Gasteiger partial charge in [-0.25, -0.2) is 9.50 Å². The van der Waals surface area contributed by atoms with Gasteiger partial charge in [0.15, 0.2) is 17.9 Å². The van der Waals surface area contributed by atoms with Gasteiger partial charge in [0.25, 0.3) is 11.8 Å². The Kier molecular flexibility index (Phi) is 12.6. The molecular formula is C33H41F3N6O7. The van der Waals surface area contributed by atoms with Gasteiger partial charge in [-0.2, -0.15) is 18.3 Å². The number of hydrogen-bond acceptors (Lipinski definition) is 9. The van der Waals surface area contributed by atoms with E-state index in [9.17, 15) is 32.3 Å². The molecule has 2 aromatic heterocycles. The number of ether oxygens (including phenoxy) is 3. The number of aryl methyl sites for hydroxylation is 1. The van der Waals surface area contributed by atoms with Crippen molar-refractivity contribution in [1.82, 2.24) is 30.1 Å². The Labute approximate surface area is 281 Å². The molecule has 0 spiro atoms. The maximum absolute atomic E-state index is 13.7. The first-order chi connectivity index (χ1) is 23.3. The van der Waals surface area contributed by atoms with Gasteiger partial charge in [0, 0.05) is 58.1 Å². The number of carbonyl (C=O) groups excluding carboxylic acids is 4. The normalized spacial score (nSPS) is 18.8. The fourth-order valence-corrected chi connectivity index (χ4v) is 5.53. The predicted molar refractivity (Wildman–Crippen MR) is 170 cm³/mol. The van der Waals surface area contributed by atoms with Gasteiger partial charge in [-0.05, 0) is 63.3 Å². The van der Waals surface area contributed by atoms with E-state index in [1.807, 2.05) is 0 Å². The second-order valence-electron chi connectivity index (χ2n) is 11.8. The Hall–Kier alpha value is -4.73. The molecular weight excluding hydrogens is 649 g/mol. The topological polar surface area (TPSA) is 153 Å². The molecule has 0 saturated carbocycles. The zero-order valence-corrected chi connectivity index (χ0v) is 27.7. The van der Waals surface area contributed by atoms with Gasteiger partial charge in [0.05, 0.1) is 12.0 Å². The van der Waals surface area contributed by atoms with E-state index in [2.05, 4.69) is 20.7 Å². The average Bonchev–Trinajstić information content (AvgIpc) is 3.49. The van der Waals surface area contributed by atoms with Crippen molar-refractivity contribution < 1.29 is 46.6 Å². The first kappa shape index (κ1) is 37.1. The number of rotatable bonds is 6. The molecule has 0 fully saturated rings. The molecule has 1 atom stereocenters. The smallest absolute Gasteiger partial charge is 0.433 e. The van der Waals surface area contributed by atoms with E-state index >= 15 is 0 Å². The summed E-state index contributed by atoms with van der Waals surface area (Å²) in [6, 6.07) is 8.97. The van der Waals surface area contributed by atoms with Crippen LogP contribution < -0.4 is 15.4 Å². The molecule has 4 heterocycles. The molecule has 16 heteroatoms. The molecule has 2 N–H and O–H groups in total. The summed E-state index contributed by atoms with van der Waals surface area (Å²) < 4.78 is 58.1. The van der Waals surface area contributed by atoms with E-state index in [0.717, 1.165) is 11.6 Å². The highest BCUT2D eigenvalue weighted by Crippen LogP contribution is 2.31. The van der Waals surface area contributed by atoms with E-state index in [0.29, 0.717) is 16.7 Å². The van der Waals surface area contributed by atoms with E-state index in [1.54, 1.807) is 31.2 Å². The largest absolute Gasteiger partial charge is 0.484 e. The van der Waals surface area contributed by atoms with Crippen LogP contribution in [0.4, 0.5) is 13.2 Å². The summed E-state index contributed by atoms with van der Waals surface area (Å²) in [5.41, 5.74) is -1.72. The second-order valence-corrected chi connectivity index (χ2v) is 11.8. The molecule has 5 rings (SSSR count). The Morgan fingerprint density at radius 2 is 1.80 bits per heavy atom. The minimum Gasteiger partial charge on any atom is -0.484 e. The Balaban J connectivity index is 1.57. The quantitative estimate of drug-likeness (QED) is 0.372. The highest BCUT2D eigenvalue weighted by Gasteiger charge is 2.40. The van der Waals surface area contributed by atoms with Crippen molar-refractivity contribution in [3.05, 3.63) is 59.0 Å². The van der Waals surface area contributed by atoms with Crippen molar-refractivity contribution in [1.29, 1.82) is 0 Å². The molecule has 3 amide bonds. The lowest BCUT2D eigenvalue weighted by molar-refractivity contribution is -0.156. The molecule has 0 aliphatic carbocycles.